The zero-order chi connectivity index (χ0) is 14.2. The van der Waals surface area contributed by atoms with Crippen LogP contribution in [0.25, 0.3) is 6.08 Å². The van der Waals surface area contributed by atoms with E-state index < -0.39 is 5.97 Å². The van der Waals surface area contributed by atoms with Crippen LogP contribution in [0.15, 0.2) is 65.8 Å². The third-order valence-corrected chi connectivity index (χ3v) is 2.52. The highest BCUT2D eigenvalue weighted by atomic mass is 16.5. The fourth-order valence-electron chi connectivity index (χ4n) is 1.57. The second-order valence-electron chi connectivity index (χ2n) is 3.98. The van der Waals surface area contributed by atoms with E-state index in [0.717, 1.165) is 5.56 Å². The molecule has 4 nitrogen and oxygen atoms in total. The van der Waals surface area contributed by atoms with Gasteiger partial charge in [0, 0.05) is 6.08 Å². The van der Waals surface area contributed by atoms with Crippen molar-refractivity contribution in [2.24, 2.45) is 5.16 Å². The van der Waals surface area contributed by atoms with Crippen LogP contribution in [0.4, 0.5) is 0 Å². The molecule has 100 valence electrons. The van der Waals surface area contributed by atoms with Crippen molar-refractivity contribution in [3.63, 3.8) is 0 Å². The quantitative estimate of drug-likeness (QED) is 0.231. The summed E-state index contributed by atoms with van der Waals surface area (Å²) in [7, 11) is 0. The molecule has 0 amide bonds. The second-order valence-corrected chi connectivity index (χ2v) is 3.98. The molecule has 2 aromatic carbocycles. The maximum Gasteiger partial charge on any atom is 0.336 e. The highest BCUT2D eigenvalue weighted by Gasteiger charge is 2.00. The number of rotatable bonds is 4. The molecule has 20 heavy (non-hydrogen) atoms. The molecular weight excluding hydrogens is 254 g/mol. The standard InChI is InChI=1S/C16H13NO3/c18-16(11-8-13-4-2-1-3-5-13)20-15-9-6-14(7-10-15)12-17-19/h1-12,19H. The highest BCUT2D eigenvalue weighted by Crippen LogP contribution is 2.12. The van der Waals surface area contributed by atoms with Gasteiger partial charge in [0.1, 0.15) is 5.75 Å². The summed E-state index contributed by atoms with van der Waals surface area (Å²) in [5.41, 5.74) is 1.64. The molecule has 0 atom stereocenters. The molecule has 0 saturated heterocycles. The summed E-state index contributed by atoms with van der Waals surface area (Å²) in [6.45, 7) is 0. The number of carbonyl (C=O) groups excluding carboxylic acids is 1. The van der Waals surface area contributed by atoms with Crippen LogP contribution in [0.1, 0.15) is 11.1 Å². The molecule has 0 bridgehead atoms. The maximum absolute atomic E-state index is 11.6. The number of ether oxygens (including phenoxy) is 1. The lowest BCUT2D eigenvalue weighted by Crippen LogP contribution is -2.03. The van der Waals surface area contributed by atoms with Gasteiger partial charge in [-0.15, -0.1) is 0 Å². The molecule has 0 radical (unpaired) electrons. The van der Waals surface area contributed by atoms with Crippen molar-refractivity contribution < 1.29 is 14.7 Å². The van der Waals surface area contributed by atoms with Gasteiger partial charge >= 0.3 is 5.97 Å². The molecule has 0 spiro atoms. The lowest BCUT2D eigenvalue weighted by Gasteiger charge is -2.01. The maximum atomic E-state index is 11.6. The number of hydrogen-bond donors (Lipinski definition) is 1. The van der Waals surface area contributed by atoms with Crippen molar-refractivity contribution >= 4 is 18.3 Å². The number of oxime groups is 1. The van der Waals surface area contributed by atoms with E-state index in [9.17, 15) is 4.79 Å². The third kappa shape index (κ3) is 4.10. The summed E-state index contributed by atoms with van der Waals surface area (Å²) in [5.74, 6) is -0.0137. The van der Waals surface area contributed by atoms with Gasteiger partial charge < -0.3 is 9.94 Å². The molecule has 0 aliphatic heterocycles. The molecule has 2 aromatic rings. The van der Waals surface area contributed by atoms with Crippen molar-refractivity contribution in [2.45, 2.75) is 0 Å². The summed E-state index contributed by atoms with van der Waals surface area (Å²) in [6.07, 6.45) is 4.36. The van der Waals surface area contributed by atoms with Gasteiger partial charge in [-0.1, -0.05) is 35.5 Å². The Morgan fingerprint density at radius 1 is 1.00 bits per heavy atom. The van der Waals surface area contributed by atoms with Gasteiger partial charge in [-0.25, -0.2) is 4.79 Å². The van der Waals surface area contributed by atoms with Crippen LogP contribution in [0, 0.1) is 0 Å². The Hall–Kier alpha value is -2.88. The summed E-state index contributed by atoms with van der Waals surface area (Å²) in [6, 6.07) is 16.1. The predicted octanol–water partition coefficient (Wildman–Crippen LogP) is 3.11. The lowest BCUT2D eigenvalue weighted by molar-refractivity contribution is -0.128. The van der Waals surface area contributed by atoms with Gasteiger partial charge in [-0.3, -0.25) is 0 Å². The average Bonchev–Trinajstić information content (AvgIpc) is 2.49. The number of hydrogen-bond acceptors (Lipinski definition) is 4. The van der Waals surface area contributed by atoms with Crippen LogP contribution in [0.3, 0.4) is 0 Å². The van der Waals surface area contributed by atoms with Crippen LogP contribution in [-0.4, -0.2) is 17.4 Å². The summed E-state index contributed by atoms with van der Waals surface area (Å²) in [5, 5.41) is 11.3. The Morgan fingerprint density at radius 3 is 2.35 bits per heavy atom. The fourth-order valence-corrected chi connectivity index (χ4v) is 1.57. The van der Waals surface area contributed by atoms with Gasteiger partial charge in [0.05, 0.1) is 6.21 Å². The topological polar surface area (TPSA) is 58.9 Å². The number of carbonyl (C=O) groups is 1. The predicted molar refractivity (Wildman–Crippen MR) is 76.9 cm³/mol. The number of esters is 1. The molecular formula is C16H13NO3. The zero-order valence-corrected chi connectivity index (χ0v) is 10.6. The molecule has 2 rings (SSSR count). The largest absolute Gasteiger partial charge is 0.423 e. The fraction of sp³-hybridized carbons (Fsp3) is 0. The Kier molecular flexibility index (Phi) is 4.67. The van der Waals surface area contributed by atoms with Crippen LogP contribution in [0.5, 0.6) is 5.75 Å². The first-order valence-electron chi connectivity index (χ1n) is 6.00. The molecule has 0 aliphatic rings. The van der Waals surface area contributed by atoms with Gasteiger partial charge in [0.15, 0.2) is 0 Å². The molecule has 0 heterocycles. The summed E-state index contributed by atoms with van der Waals surface area (Å²) < 4.78 is 5.14. The first kappa shape index (κ1) is 13.5. The van der Waals surface area contributed by atoms with E-state index in [4.69, 9.17) is 9.94 Å². The van der Waals surface area contributed by atoms with E-state index in [2.05, 4.69) is 5.16 Å². The van der Waals surface area contributed by atoms with Gasteiger partial charge in [-0.2, -0.15) is 0 Å². The van der Waals surface area contributed by atoms with Crippen molar-refractivity contribution in [3.05, 3.63) is 71.8 Å². The third-order valence-electron chi connectivity index (χ3n) is 2.52. The minimum absolute atomic E-state index is 0.433. The minimum atomic E-state index is -0.447. The zero-order valence-electron chi connectivity index (χ0n) is 10.6. The normalized spacial score (nSPS) is 11.0. The lowest BCUT2D eigenvalue weighted by atomic mass is 10.2. The average molecular weight is 267 g/mol. The van der Waals surface area contributed by atoms with E-state index in [1.54, 1.807) is 30.3 Å². The molecule has 0 aromatic heterocycles. The SMILES string of the molecule is O=C(C=Cc1ccccc1)Oc1ccc(C=NO)cc1. The Balaban J connectivity index is 1.96. The Labute approximate surface area is 116 Å². The van der Waals surface area contributed by atoms with Crippen molar-refractivity contribution in [1.82, 2.24) is 0 Å². The van der Waals surface area contributed by atoms with E-state index in [1.165, 1.54) is 12.3 Å². The molecule has 0 saturated carbocycles. The number of benzene rings is 2. The van der Waals surface area contributed by atoms with Crippen LogP contribution in [-0.2, 0) is 4.79 Å². The van der Waals surface area contributed by atoms with Crippen molar-refractivity contribution in [1.29, 1.82) is 0 Å². The summed E-state index contributed by atoms with van der Waals surface area (Å²) in [4.78, 5) is 11.6. The van der Waals surface area contributed by atoms with E-state index >= 15 is 0 Å². The minimum Gasteiger partial charge on any atom is -0.423 e. The Morgan fingerprint density at radius 2 is 1.70 bits per heavy atom. The first-order chi connectivity index (χ1) is 9.78. The summed E-state index contributed by atoms with van der Waals surface area (Å²) >= 11 is 0. The van der Waals surface area contributed by atoms with Crippen LogP contribution < -0.4 is 4.74 Å². The molecule has 0 aliphatic carbocycles. The number of nitrogens with zero attached hydrogens (tertiary/aromatic N) is 1. The smallest absolute Gasteiger partial charge is 0.336 e. The monoisotopic (exact) mass is 267 g/mol. The first-order valence-corrected chi connectivity index (χ1v) is 6.00. The van der Waals surface area contributed by atoms with Crippen molar-refractivity contribution in [2.75, 3.05) is 0 Å². The Bertz CT molecular complexity index is 616. The molecule has 0 fully saturated rings. The second kappa shape index (κ2) is 6.89. The van der Waals surface area contributed by atoms with Crippen LogP contribution >= 0.6 is 0 Å². The van der Waals surface area contributed by atoms with Gasteiger partial charge in [-0.05, 0) is 41.5 Å². The van der Waals surface area contributed by atoms with E-state index in [-0.39, 0.29) is 0 Å². The highest BCUT2D eigenvalue weighted by molar-refractivity contribution is 5.88. The molecule has 0 unspecified atom stereocenters. The van der Waals surface area contributed by atoms with E-state index in [0.29, 0.717) is 11.3 Å². The van der Waals surface area contributed by atoms with E-state index in [1.807, 2.05) is 30.3 Å². The molecule has 1 N–H and O–H groups in total. The van der Waals surface area contributed by atoms with Gasteiger partial charge in [0.2, 0.25) is 0 Å². The van der Waals surface area contributed by atoms with Crippen molar-refractivity contribution in [3.8, 4) is 5.75 Å². The van der Waals surface area contributed by atoms with Gasteiger partial charge in [0.25, 0.3) is 0 Å². The van der Waals surface area contributed by atoms with Crippen LogP contribution in [0.2, 0.25) is 0 Å². The molecule has 4 heteroatoms.